The van der Waals surface area contributed by atoms with Gasteiger partial charge in [-0.05, 0) is 39.0 Å². The molecular weight excluding hydrogens is 344 g/mol. The molecule has 1 N–H and O–H groups in total. The highest BCUT2D eigenvalue weighted by atomic mass is 79.9. The molecule has 0 radical (unpaired) electrons. The van der Waals surface area contributed by atoms with Gasteiger partial charge in [-0.25, -0.2) is 0 Å². The lowest BCUT2D eigenvalue weighted by molar-refractivity contribution is -0.385. The highest BCUT2D eigenvalue weighted by Crippen LogP contribution is 2.27. The first-order chi connectivity index (χ1) is 9.61. The largest absolute Gasteiger partial charge is 0.490 e. The predicted molar refractivity (Wildman–Crippen MR) is 82.2 cm³/mol. The second kappa shape index (κ2) is 6.83. The summed E-state index contributed by atoms with van der Waals surface area (Å²) in [5.74, 6) is 0.278. The van der Waals surface area contributed by atoms with Crippen LogP contribution in [0.4, 0.5) is 5.69 Å². The SMILES string of the molecule is COc1ccc(CNCc2sccc2Br)cc1[N+](=O)[O-]. The van der Waals surface area contributed by atoms with Crippen molar-refractivity contribution in [3.63, 3.8) is 0 Å². The summed E-state index contributed by atoms with van der Waals surface area (Å²) >= 11 is 5.13. The highest BCUT2D eigenvalue weighted by Gasteiger charge is 2.14. The Bertz CT molecular complexity index is 615. The normalized spacial score (nSPS) is 10.5. The number of methoxy groups -OCH3 is 1. The van der Waals surface area contributed by atoms with Crippen molar-refractivity contribution in [2.75, 3.05) is 7.11 Å². The maximum Gasteiger partial charge on any atom is 0.311 e. The highest BCUT2D eigenvalue weighted by molar-refractivity contribution is 9.10. The Morgan fingerprint density at radius 1 is 1.40 bits per heavy atom. The van der Waals surface area contributed by atoms with Gasteiger partial charge in [-0.15, -0.1) is 11.3 Å². The van der Waals surface area contributed by atoms with Gasteiger partial charge in [0.1, 0.15) is 0 Å². The van der Waals surface area contributed by atoms with E-state index in [4.69, 9.17) is 4.74 Å². The molecule has 0 fully saturated rings. The molecule has 2 rings (SSSR count). The monoisotopic (exact) mass is 356 g/mol. The smallest absolute Gasteiger partial charge is 0.311 e. The van der Waals surface area contributed by atoms with E-state index in [-0.39, 0.29) is 11.4 Å². The summed E-state index contributed by atoms with van der Waals surface area (Å²) in [6, 6.07) is 6.98. The van der Waals surface area contributed by atoms with Crippen LogP contribution in [-0.4, -0.2) is 12.0 Å². The number of nitrogens with one attached hydrogen (secondary N) is 1. The minimum atomic E-state index is -0.432. The number of thiophene rings is 1. The second-order valence-electron chi connectivity index (χ2n) is 4.06. The maximum absolute atomic E-state index is 10.9. The summed E-state index contributed by atoms with van der Waals surface area (Å²) in [6.45, 7) is 1.28. The van der Waals surface area contributed by atoms with E-state index in [1.165, 1.54) is 18.1 Å². The van der Waals surface area contributed by atoms with Crippen LogP contribution in [0.15, 0.2) is 34.1 Å². The zero-order valence-corrected chi connectivity index (χ0v) is 13.2. The average Bonchev–Trinajstić information content (AvgIpc) is 2.84. The number of benzene rings is 1. The molecule has 20 heavy (non-hydrogen) atoms. The molecule has 0 unspecified atom stereocenters. The average molecular weight is 357 g/mol. The summed E-state index contributed by atoms with van der Waals surface area (Å²) in [5, 5.41) is 16.2. The summed E-state index contributed by atoms with van der Waals surface area (Å²) < 4.78 is 6.05. The molecule has 0 saturated carbocycles. The van der Waals surface area contributed by atoms with Gasteiger partial charge >= 0.3 is 5.69 Å². The third kappa shape index (κ3) is 3.56. The fraction of sp³-hybridized carbons (Fsp3) is 0.231. The molecule has 7 heteroatoms. The number of ether oxygens (including phenoxy) is 1. The third-order valence-electron chi connectivity index (χ3n) is 2.75. The molecule has 0 amide bonds. The molecule has 0 aliphatic heterocycles. The summed E-state index contributed by atoms with van der Waals surface area (Å²) in [6.07, 6.45) is 0. The zero-order chi connectivity index (χ0) is 14.5. The molecule has 1 aromatic carbocycles. The van der Waals surface area contributed by atoms with Gasteiger partial charge in [0, 0.05) is 28.5 Å². The topological polar surface area (TPSA) is 64.4 Å². The molecule has 106 valence electrons. The summed E-state index contributed by atoms with van der Waals surface area (Å²) in [5.41, 5.74) is 0.842. The summed E-state index contributed by atoms with van der Waals surface area (Å²) in [4.78, 5) is 11.7. The van der Waals surface area contributed by atoms with Gasteiger partial charge in [-0.2, -0.15) is 0 Å². The molecule has 1 aromatic heterocycles. The van der Waals surface area contributed by atoms with E-state index in [1.807, 2.05) is 17.5 Å². The van der Waals surface area contributed by atoms with E-state index in [0.29, 0.717) is 6.54 Å². The number of hydrogen-bond acceptors (Lipinski definition) is 5. The quantitative estimate of drug-likeness (QED) is 0.632. The van der Waals surface area contributed by atoms with Gasteiger partial charge < -0.3 is 10.1 Å². The molecule has 0 saturated heterocycles. The van der Waals surface area contributed by atoms with Crippen LogP contribution in [0.3, 0.4) is 0 Å². The van der Waals surface area contributed by atoms with Gasteiger partial charge in [0.15, 0.2) is 5.75 Å². The van der Waals surface area contributed by atoms with Crippen molar-refractivity contribution < 1.29 is 9.66 Å². The van der Waals surface area contributed by atoms with Gasteiger partial charge in [0.2, 0.25) is 0 Å². The molecule has 0 aliphatic rings. The van der Waals surface area contributed by atoms with E-state index < -0.39 is 4.92 Å². The van der Waals surface area contributed by atoms with Crippen LogP contribution in [0.25, 0.3) is 0 Å². The number of halogens is 1. The fourth-order valence-corrected chi connectivity index (χ4v) is 3.22. The molecule has 0 spiro atoms. The zero-order valence-electron chi connectivity index (χ0n) is 10.8. The molecule has 2 aromatic rings. The van der Waals surface area contributed by atoms with Crippen LogP contribution in [0.1, 0.15) is 10.4 Å². The van der Waals surface area contributed by atoms with E-state index >= 15 is 0 Å². The second-order valence-corrected chi connectivity index (χ2v) is 5.91. The number of hydrogen-bond donors (Lipinski definition) is 1. The molecule has 0 atom stereocenters. The number of nitro benzene ring substituents is 1. The van der Waals surface area contributed by atoms with Crippen molar-refractivity contribution in [2.45, 2.75) is 13.1 Å². The lowest BCUT2D eigenvalue weighted by Gasteiger charge is -2.06. The molecule has 0 bridgehead atoms. The molecule has 1 heterocycles. The van der Waals surface area contributed by atoms with E-state index in [9.17, 15) is 10.1 Å². The standard InChI is InChI=1S/C13H13BrN2O3S/c1-19-12-3-2-9(6-11(12)16(17)18)7-15-8-13-10(14)4-5-20-13/h2-6,15H,7-8H2,1H3. The van der Waals surface area contributed by atoms with E-state index in [0.717, 1.165) is 16.6 Å². The Hall–Kier alpha value is -1.44. The lowest BCUT2D eigenvalue weighted by Crippen LogP contribution is -2.12. The Labute approximate surface area is 128 Å². The first kappa shape index (κ1) is 15.0. The Morgan fingerprint density at radius 2 is 2.20 bits per heavy atom. The molecule has 0 aliphatic carbocycles. The number of nitrogens with zero attached hydrogens (tertiary/aromatic N) is 1. The number of rotatable bonds is 6. The maximum atomic E-state index is 10.9. The van der Waals surface area contributed by atoms with Crippen LogP contribution < -0.4 is 10.1 Å². The van der Waals surface area contributed by atoms with Crippen LogP contribution in [0.5, 0.6) is 5.75 Å². The van der Waals surface area contributed by atoms with Crippen LogP contribution in [0, 0.1) is 10.1 Å². The van der Waals surface area contributed by atoms with Crippen LogP contribution >= 0.6 is 27.3 Å². The van der Waals surface area contributed by atoms with Crippen molar-refractivity contribution in [3.8, 4) is 5.75 Å². The van der Waals surface area contributed by atoms with Crippen molar-refractivity contribution >= 4 is 33.0 Å². The minimum absolute atomic E-state index is 0.0101. The fourth-order valence-electron chi connectivity index (χ4n) is 1.76. The minimum Gasteiger partial charge on any atom is -0.490 e. The lowest BCUT2D eigenvalue weighted by atomic mass is 10.2. The van der Waals surface area contributed by atoms with Gasteiger partial charge in [-0.1, -0.05) is 6.07 Å². The van der Waals surface area contributed by atoms with Crippen molar-refractivity contribution in [1.82, 2.24) is 5.32 Å². The predicted octanol–water partition coefficient (Wildman–Crippen LogP) is 3.72. The first-order valence-electron chi connectivity index (χ1n) is 5.85. The first-order valence-corrected chi connectivity index (χ1v) is 7.53. The number of nitro groups is 1. The van der Waals surface area contributed by atoms with Crippen LogP contribution in [-0.2, 0) is 13.1 Å². The van der Waals surface area contributed by atoms with E-state index in [1.54, 1.807) is 17.4 Å². The van der Waals surface area contributed by atoms with Gasteiger partial charge in [-0.3, -0.25) is 10.1 Å². The van der Waals surface area contributed by atoms with Crippen LogP contribution in [0.2, 0.25) is 0 Å². The Kier molecular flexibility index (Phi) is 5.11. The Morgan fingerprint density at radius 3 is 2.80 bits per heavy atom. The van der Waals surface area contributed by atoms with Gasteiger partial charge in [0.25, 0.3) is 0 Å². The van der Waals surface area contributed by atoms with Crippen molar-refractivity contribution in [2.24, 2.45) is 0 Å². The Balaban J connectivity index is 2.01. The van der Waals surface area contributed by atoms with E-state index in [2.05, 4.69) is 21.2 Å². The summed E-state index contributed by atoms with van der Waals surface area (Å²) in [7, 11) is 1.43. The molecule has 5 nitrogen and oxygen atoms in total. The van der Waals surface area contributed by atoms with Crippen molar-refractivity contribution in [3.05, 3.63) is 54.7 Å². The molecular formula is C13H13BrN2O3S. The third-order valence-corrected chi connectivity index (χ3v) is 4.67. The van der Waals surface area contributed by atoms with Gasteiger partial charge in [0.05, 0.1) is 12.0 Å². The van der Waals surface area contributed by atoms with Crippen molar-refractivity contribution in [1.29, 1.82) is 0 Å².